The van der Waals surface area contributed by atoms with E-state index in [1.54, 1.807) is 6.07 Å². The van der Waals surface area contributed by atoms with Crippen molar-refractivity contribution in [3.8, 4) is 0 Å². The lowest BCUT2D eigenvalue weighted by molar-refractivity contribution is -0.171. The smallest absolute Gasteiger partial charge is 0.241 e. The lowest BCUT2D eigenvalue weighted by Gasteiger charge is -2.58. The summed E-state index contributed by atoms with van der Waals surface area (Å²) in [6.45, 7) is 8.10. The minimum Gasteiger partial charge on any atom is -0.378 e. The number of piperidine rings is 1. The molecule has 1 aromatic carbocycles. The first-order chi connectivity index (χ1) is 12.3. The third-order valence-corrected chi connectivity index (χ3v) is 6.17. The van der Waals surface area contributed by atoms with Crippen LogP contribution in [0, 0.1) is 11.2 Å². The number of hydrogen-bond donors (Lipinski definition) is 2. The molecule has 2 aliphatic rings. The Labute approximate surface area is 179 Å². The third-order valence-electron chi connectivity index (χ3n) is 6.17. The second-order valence-electron chi connectivity index (χ2n) is 8.08. The highest BCUT2D eigenvalue weighted by Crippen LogP contribution is 2.49. The summed E-state index contributed by atoms with van der Waals surface area (Å²) in [5.74, 6) is -0.350. The zero-order chi connectivity index (χ0) is 18.9. The number of carbonyl (C=O) groups excluding carboxylic acids is 1. The molecule has 5 nitrogen and oxygen atoms in total. The quantitative estimate of drug-likeness (QED) is 0.744. The van der Waals surface area contributed by atoms with Crippen molar-refractivity contribution in [2.45, 2.75) is 57.7 Å². The second-order valence-corrected chi connectivity index (χ2v) is 8.08. The maximum atomic E-state index is 13.5. The van der Waals surface area contributed by atoms with Gasteiger partial charge in [-0.25, -0.2) is 4.39 Å². The van der Waals surface area contributed by atoms with Crippen LogP contribution in [-0.4, -0.2) is 43.3 Å². The number of amides is 1. The monoisotopic (exact) mass is 435 g/mol. The van der Waals surface area contributed by atoms with Crippen molar-refractivity contribution in [2.75, 3.05) is 24.6 Å². The molecule has 3 atom stereocenters. The molecule has 1 saturated carbocycles. The summed E-state index contributed by atoms with van der Waals surface area (Å²) < 4.78 is 19.2. The molecule has 3 N–H and O–H groups in total. The number of carbonyl (C=O) groups is 1. The summed E-state index contributed by atoms with van der Waals surface area (Å²) in [4.78, 5) is 15.0. The maximum Gasteiger partial charge on any atom is 0.241 e. The molecule has 160 valence electrons. The topological polar surface area (TPSA) is 67.6 Å². The van der Waals surface area contributed by atoms with E-state index >= 15 is 0 Å². The number of rotatable bonds is 5. The number of anilines is 1. The van der Waals surface area contributed by atoms with Gasteiger partial charge in [0.1, 0.15) is 11.4 Å². The minimum atomic E-state index is -0.909. The van der Waals surface area contributed by atoms with Crippen molar-refractivity contribution in [1.29, 1.82) is 0 Å². The predicted molar refractivity (Wildman–Crippen MR) is 115 cm³/mol. The number of benzene rings is 1. The second kappa shape index (κ2) is 9.61. The molecule has 28 heavy (non-hydrogen) atoms. The Morgan fingerprint density at radius 3 is 2.71 bits per heavy atom. The van der Waals surface area contributed by atoms with Gasteiger partial charge < -0.3 is 20.7 Å². The van der Waals surface area contributed by atoms with Gasteiger partial charge in [-0.05, 0) is 38.0 Å². The van der Waals surface area contributed by atoms with Gasteiger partial charge in [0.15, 0.2) is 0 Å². The maximum absolute atomic E-state index is 13.5. The van der Waals surface area contributed by atoms with Crippen molar-refractivity contribution < 1.29 is 13.9 Å². The fourth-order valence-electron chi connectivity index (χ4n) is 4.14. The Bertz CT molecular complexity index is 677. The van der Waals surface area contributed by atoms with Crippen LogP contribution < -0.4 is 16.0 Å². The first-order valence-corrected chi connectivity index (χ1v) is 9.50. The van der Waals surface area contributed by atoms with E-state index in [1.165, 1.54) is 12.1 Å². The Balaban J connectivity index is 0.00000196. The van der Waals surface area contributed by atoms with E-state index in [0.29, 0.717) is 19.6 Å². The Kier molecular flexibility index (Phi) is 8.57. The van der Waals surface area contributed by atoms with Gasteiger partial charge in [0.2, 0.25) is 5.91 Å². The van der Waals surface area contributed by atoms with Gasteiger partial charge in [-0.15, -0.1) is 24.8 Å². The van der Waals surface area contributed by atoms with E-state index in [0.717, 1.165) is 25.1 Å². The summed E-state index contributed by atoms with van der Waals surface area (Å²) in [6, 6.07) is 6.61. The van der Waals surface area contributed by atoms with Crippen LogP contribution >= 0.6 is 24.8 Å². The molecule has 0 bridgehead atoms. The van der Waals surface area contributed by atoms with Crippen molar-refractivity contribution in [3.63, 3.8) is 0 Å². The lowest BCUT2D eigenvalue weighted by atomic mass is 9.54. The molecule has 1 amide bonds. The van der Waals surface area contributed by atoms with Gasteiger partial charge in [-0.3, -0.25) is 4.79 Å². The minimum absolute atomic E-state index is 0. The molecule has 1 heterocycles. The van der Waals surface area contributed by atoms with E-state index in [1.807, 2.05) is 26.8 Å². The molecule has 1 aromatic rings. The number of hydrogen-bond acceptors (Lipinski definition) is 4. The molecule has 8 heteroatoms. The average molecular weight is 436 g/mol. The normalized spacial score (nSPS) is 28.4. The van der Waals surface area contributed by atoms with Gasteiger partial charge in [0, 0.05) is 43.3 Å². The SMILES string of the molecule is CCOC1CC(N)(C(=O)NC2CCCN(c3cccc(F)c3)C2)C1(C)C.Cl.Cl. The first kappa shape index (κ1) is 25.0. The van der Waals surface area contributed by atoms with Crippen LogP contribution in [-0.2, 0) is 9.53 Å². The molecule has 1 saturated heterocycles. The summed E-state index contributed by atoms with van der Waals surface area (Å²) in [5, 5.41) is 3.14. The molecule has 0 aromatic heterocycles. The van der Waals surface area contributed by atoms with Crippen LogP contribution in [0.2, 0.25) is 0 Å². The third kappa shape index (κ3) is 4.56. The van der Waals surface area contributed by atoms with E-state index in [4.69, 9.17) is 10.5 Å². The van der Waals surface area contributed by atoms with Crippen LogP contribution in [0.1, 0.15) is 40.0 Å². The average Bonchev–Trinajstić information content (AvgIpc) is 2.61. The van der Waals surface area contributed by atoms with Gasteiger partial charge in [0.05, 0.1) is 6.10 Å². The molecule has 1 aliphatic heterocycles. The van der Waals surface area contributed by atoms with Crippen molar-refractivity contribution in [2.24, 2.45) is 11.1 Å². The van der Waals surface area contributed by atoms with Crippen LogP contribution in [0.3, 0.4) is 0 Å². The summed E-state index contributed by atoms with van der Waals surface area (Å²) in [7, 11) is 0. The van der Waals surface area contributed by atoms with Crippen LogP contribution in [0.4, 0.5) is 10.1 Å². The largest absolute Gasteiger partial charge is 0.378 e. The summed E-state index contributed by atoms with van der Waals surface area (Å²) >= 11 is 0. The fraction of sp³-hybridized carbons (Fsp3) is 0.650. The van der Waals surface area contributed by atoms with E-state index in [2.05, 4.69) is 10.2 Å². The molecule has 1 aliphatic carbocycles. The van der Waals surface area contributed by atoms with Crippen molar-refractivity contribution in [1.82, 2.24) is 5.32 Å². The zero-order valence-electron chi connectivity index (χ0n) is 16.7. The number of nitrogens with zero attached hydrogens (tertiary/aromatic N) is 1. The van der Waals surface area contributed by atoms with Crippen molar-refractivity contribution in [3.05, 3.63) is 30.1 Å². The number of nitrogens with two attached hydrogens (primary N) is 1. The van der Waals surface area contributed by atoms with Crippen LogP contribution in [0.5, 0.6) is 0 Å². The molecule has 3 rings (SSSR count). The number of nitrogens with one attached hydrogen (secondary N) is 1. The Morgan fingerprint density at radius 1 is 1.39 bits per heavy atom. The van der Waals surface area contributed by atoms with Crippen molar-refractivity contribution >= 4 is 36.4 Å². The summed E-state index contributed by atoms with van der Waals surface area (Å²) in [6.07, 6.45) is 2.41. The Hall–Kier alpha value is -1.08. The molecule has 0 radical (unpaired) electrons. The van der Waals surface area contributed by atoms with Gasteiger partial charge in [-0.1, -0.05) is 19.9 Å². The zero-order valence-corrected chi connectivity index (χ0v) is 18.4. The van der Waals surface area contributed by atoms with Gasteiger partial charge >= 0.3 is 0 Å². The highest BCUT2D eigenvalue weighted by molar-refractivity contribution is 5.89. The first-order valence-electron chi connectivity index (χ1n) is 9.50. The Morgan fingerprint density at radius 2 is 2.11 bits per heavy atom. The van der Waals surface area contributed by atoms with E-state index in [9.17, 15) is 9.18 Å². The highest BCUT2D eigenvalue weighted by Gasteiger charge is 2.63. The summed E-state index contributed by atoms with van der Waals surface area (Å²) in [5.41, 5.74) is 6.02. The molecular weight excluding hydrogens is 404 g/mol. The molecule has 2 fully saturated rings. The fourth-order valence-corrected chi connectivity index (χ4v) is 4.14. The number of halogens is 3. The van der Waals surface area contributed by atoms with E-state index in [-0.39, 0.29) is 48.7 Å². The van der Waals surface area contributed by atoms with Gasteiger partial charge in [0.25, 0.3) is 0 Å². The van der Waals surface area contributed by atoms with Crippen LogP contribution in [0.25, 0.3) is 0 Å². The van der Waals surface area contributed by atoms with Crippen LogP contribution in [0.15, 0.2) is 24.3 Å². The number of ether oxygens (including phenoxy) is 1. The molecule has 3 unspecified atom stereocenters. The van der Waals surface area contributed by atoms with Gasteiger partial charge in [-0.2, -0.15) is 0 Å². The van der Waals surface area contributed by atoms with E-state index < -0.39 is 11.0 Å². The highest BCUT2D eigenvalue weighted by atomic mass is 35.5. The predicted octanol–water partition coefficient (Wildman–Crippen LogP) is 3.29. The molecule has 0 spiro atoms. The lowest BCUT2D eigenvalue weighted by Crippen LogP contribution is -2.76. The standard InChI is InChI=1S/C20H30FN3O2.2ClH/c1-4-26-17-12-20(22,19(17,2)3)18(25)23-15-8-6-10-24(13-15)16-9-5-7-14(21)11-16;;/h5,7,9,11,15,17H,4,6,8,10,12-13,22H2,1-3H3,(H,23,25);2*1H. The molecular formula is C20H32Cl2FN3O2.